The Morgan fingerprint density at radius 3 is 2.91 bits per heavy atom. The molecule has 0 aromatic rings. The lowest BCUT2D eigenvalue weighted by Crippen LogP contribution is -2.34. The van der Waals surface area contributed by atoms with Crippen LogP contribution < -0.4 is 5.73 Å². The van der Waals surface area contributed by atoms with Crippen molar-refractivity contribution in [2.45, 2.75) is 12.5 Å². The van der Waals surface area contributed by atoms with Gasteiger partial charge in [-0.05, 0) is 6.42 Å². The van der Waals surface area contributed by atoms with E-state index in [1.165, 1.54) is 0 Å². The lowest BCUT2D eigenvalue weighted by atomic mass is 10.2. The predicted octanol–water partition coefficient (Wildman–Crippen LogP) is -0.382. The van der Waals surface area contributed by atoms with Gasteiger partial charge in [0.05, 0.1) is 0 Å². The van der Waals surface area contributed by atoms with E-state index in [1.54, 1.807) is 18.0 Å². The molecule has 1 aliphatic heterocycles. The molecule has 11 heavy (non-hydrogen) atoms. The van der Waals surface area contributed by atoms with Gasteiger partial charge in [-0.3, -0.25) is 0 Å². The van der Waals surface area contributed by atoms with Gasteiger partial charge >= 0.3 is 5.97 Å². The molecule has 0 amide bonds. The Bertz CT molecular complexity index is 201. The number of hydrogen-bond donors (Lipinski definition) is 2. The lowest BCUT2D eigenvalue weighted by Gasteiger charge is -2.21. The van der Waals surface area contributed by atoms with E-state index in [9.17, 15) is 4.79 Å². The van der Waals surface area contributed by atoms with Crippen molar-refractivity contribution >= 4 is 5.97 Å². The zero-order chi connectivity index (χ0) is 8.43. The van der Waals surface area contributed by atoms with Gasteiger partial charge in [0.1, 0.15) is 5.70 Å². The van der Waals surface area contributed by atoms with E-state index >= 15 is 0 Å². The second kappa shape index (κ2) is 2.92. The monoisotopic (exact) mass is 156 g/mol. The van der Waals surface area contributed by atoms with Crippen molar-refractivity contribution in [1.29, 1.82) is 0 Å². The summed E-state index contributed by atoms with van der Waals surface area (Å²) in [5.74, 6) is -0.872. The van der Waals surface area contributed by atoms with Crippen molar-refractivity contribution in [2.75, 3.05) is 13.6 Å². The molecule has 0 aliphatic carbocycles. The van der Waals surface area contributed by atoms with Crippen molar-refractivity contribution < 1.29 is 9.90 Å². The molecule has 0 bridgehead atoms. The molecule has 1 aliphatic rings. The van der Waals surface area contributed by atoms with Crippen LogP contribution in [0.3, 0.4) is 0 Å². The number of aliphatic carboxylic acids is 1. The topological polar surface area (TPSA) is 66.6 Å². The molecular formula is C7H12N2O2. The van der Waals surface area contributed by atoms with E-state index in [0.29, 0.717) is 12.2 Å². The van der Waals surface area contributed by atoms with E-state index in [0.717, 1.165) is 6.42 Å². The highest BCUT2D eigenvalue weighted by atomic mass is 16.4. The summed E-state index contributed by atoms with van der Waals surface area (Å²) >= 11 is 0. The Labute approximate surface area is 65.3 Å². The highest BCUT2D eigenvalue weighted by Crippen LogP contribution is 2.18. The fourth-order valence-corrected chi connectivity index (χ4v) is 1.24. The van der Waals surface area contributed by atoms with Crippen molar-refractivity contribution in [2.24, 2.45) is 5.73 Å². The molecule has 0 radical (unpaired) electrons. The van der Waals surface area contributed by atoms with Gasteiger partial charge in [0.15, 0.2) is 0 Å². The second-order valence-electron chi connectivity index (χ2n) is 2.63. The first-order chi connectivity index (χ1) is 5.16. The standard InChI is InChI=1S/C7H12N2O2/c1-9-5(4-8)2-3-6(9)7(10)11/h3,5H,2,4,8H2,1H3,(H,10,11). The van der Waals surface area contributed by atoms with Crippen LogP contribution in [0.25, 0.3) is 0 Å². The molecule has 62 valence electrons. The molecule has 1 unspecified atom stereocenters. The van der Waals surface area contributed by atoms with Crippen molar-refractivity contribution in [3.8, 4) is 0 Å². The molecule has 4 nitrogen and oxygen atoms in total. The minimum absolute atomic E-state index is 0.168. The Balaban J connectivity index is 2.66. The zero-order valence-electron chi connectivity index (χ0n) is 6.45. The van der Waals surface area contributed by atoms with Gasteiger partial charge < -0.3 is 15.7 Å². The summed E-state index contributed by atoms with van der Waals surface area (Å²) in [4.78, 5) is 12.2. The van der Waals surface area contributed by atoms with Crippen LogP contribution >= 0.6 is 0 Å². The van der Waals surface area contributed by atoms with Crippen LogP contribution in [0.4, 0.5) is 0 Å². The third-order valence-electron chi connectivity index (χ3n) is 2.00. The maximum atomic E-state index is 10.5. The van der Waals surface area contributed by atoms with Gasteiger partial charge in [-0.1, -0.05) is 6.08 Å². The Morgan fingerprint density at radius 1 is 2.00 bits per heavy atom. The maximum Gasteiger partial charge on any atom is 0.351 e. The van der Waals surface area contributed by atoms with Crippen LogP contribution in [0.1, 0.15) is 6.42 Å². The van der Waals surface area contributed by atoms with Gasteiger partial charge in [0, 0.05) is 19.6 Å². The van der Waals surface area contributed by atoms with Gasteiger partial charge in [-0.15, -0.1) is 0 Å². The molecule has 0 saturated carbocycles. The number of nitrogens with zero attached hydrogens (tertiary/aromatic N) is 1. The SMILES string of the molecule is CN1C(C(=O)O)=CCC1CN. The quantitative estimate of drug-likeness (QED) is 0.571. The average molecular weight is 156 g/mol. The Hall–Kier alpha value is -1.03. The van der Waals surface area contributed by atoms with E-state index in [-0.39, 0.29) is 6.04 Å². The molecule has 1 rings (SSSR count). The summed E-state index contributed by atoms with van der Waals surface area (Å²) < 4.78 is 0. The predicted molar refractivity (Wildman–Crippen MR) is 40.9 cm³/mol. The maximum absolute atomic E-state index is 10.5. The fourth-order valence-electron chi connectivity index (χ4n) is 1.24. The largest absolute Gasteiger partial charge is 0.477 e. The highest BCUT2D eigenvalue weighted by Gasteiger charge is 2.25. The number of carboxylic acid groups (broad SMARTS) is 1. The minimum atomic E-state index is -0.872. The molecule has 4 heteroatoms. The van der Waals surface area contributed by atoms with Gasteiger partial charge in [0.2, 0.25) is 0 Å². The summed E-state index contributed by atoms with van der Waals surface area (Å²) in [6.07, 6.45) is 2.45. The summed E-state index contributed by atoms with van der Waals surface area (Å²) in [7, 11) is 1.75. The Kier molecular flexibility index (Phi) is 2.14. The summed E-state index contributed by atoms with van der Waals surface area (Å²) in [6, 6.07) is 0.168. The summed E-state index contributed by atoms with van der Waals surface area (Å²) in [5.41, 5.74) is 5.78. The van der Waals surface area contributed by atoms with Crippen LogP contribution in [-0.2, 0) is 4.79 Å². The first kappa shape index (κ1) is 8.07. The lowest BCUT2D eigenvalue weighted by molar-refractivity contribution is -0.134. The molecule has 0 saturated heterocycles. The molecule has 1 heterocycles. The van der Waals surface area contributed by atoms with E-state index < -0.39 is 5.97 Å². The van der Waals surface area contributed by atoms with Crippen LogP contribution in [0.2, 0.25) is 0 Å². The molecule has 3 N–H and O–H groups in total. The number of carbonyl (C=O) groups is 1. The van der Waals surface area contributed by atoms with Crippen molar-refractivity contribution in [3.05, 3.63) is 11.8 Å². The fraction of sp³-hybridized carbons (Fsp3) is 0.571. The normalized spacial score (nSPS) is 23.6. The minimum Gasteiger partial charge on any atom is -0.477 e. The molecule has 0 aromatic carbocycles. The molecule has 1 atom stereocenters. The highest BCUT2D eigenvalue weighted by molar-refractivity contribution is 5.86. The summed E-state index contributed by atoms with van der Waals surface area (Å²) in [6.45, 7) is 0.504. The number of likely N-dealkylation sites (N-methyl/N-ethyl adjacent to an activating group) is 1. The van der Waals surface area contributed by atoms with E-state index in [2.05, 4.69) is 0 Å². The third kappa shape index (κ3) is 1.35. The zero-order valence-corrected chi connectivity index (χ0v) is 6.45. The first-order valence-electron chi connectivity index (χ1n) is 3.53. The average Bonchev–Trinajstić information content (AvgIpc) is 2.30. The van der Waals surface area contributed by atoms with Crippen LogP contribution in [0, 0.1) is 0 Å². The second-order valence-corrected chi connectivity index (χ2v) is 2.63. The third-order valence-corrected chi connectivity index (χ3v) is 2.00. The summed E-state index contributed by atoms with van der Waals surface area (Å²) in [5, 5.41) is 8.65. The molecular weight excluding hydrogens is 144 g/mol. The van der Waals surface area contributed by atoms with Crippen LogP contribution in [-0.4, -0.2) is 35.6 Å². The van der Waals surface area contributed by atoms with Crippen molar-refractivity contribution in [3.63, 3.8) is 0 Å². The van der Waals surface area contributed by atoms with Gasteiger partial charge in [0.25, 0.3) is 0 Å². The molecule has 0 aromatic heterocycles. The van der Waals surface area contributed by atoms with Crippen LogP contribution in [0.15, 0.2) is 11.8 Å². The van der Waals surface area contributed by atoms with Crippen molar-refractivity contribution in [1.82, 2.24) is 4.90 Å². The van der Waals surface area contributed by atoms with E-state index in [1.807, 2.05) is 0 Å². The van der Waals surface area contributed by atoms with Crippen LogP contribution in [0.5, 0.6) is 0 Å². The first-order valence-corrected chi connectivity index (χ1v) is 3.53. The number of carboxylic acids is 1. The number of nitrogens with two attached hydrogens (primary N) is 1. The van der Waals surface area contributed by atoms with Gasteiger partial charge in [-0.2, -0.15) is 0 Å². The van der Waals surface area contributed by atoms with E-state index in [4.69, 9.17) is 10.8 Å². The number of hydrogen-bond acceptors (Lipinski definition) is 3. The van der Waals surface area contributed by atoms with Gasteiger partial charge in [-0.25, -0.2) is 4.79 Å². The Morgan fingerprint density at radius 2 is 2.64 bits per heavy atom. The molecule has 0 spiro atoms. The smallest absolute Gasteiger partial charge is 0.351 e. The number of rotatable bonds is 2. The molecule has 0 fully saturated rings.